The molecule has 0 bridgehead atoms. The van der Waals surface area contributed by atoms with Crippen LogP contribution in [0.1, 0.15) is 19.8 Å². The molecule has 1 fully saturated rings. The van der Waals surface area contributed by atoms with E-state index in [0.29, 0.717) is 6.61 Å². The highest BCUT2D eigenvalue weighted by Crippen LogP contribution is 2.18. The first-order chi connectivity index (χ1) is 8.79. The van der Waals surface area contributed by atoms with E-state index in [1.54, 1.807) is 0 Å². The first-order valence-corrected chi connectivity index (χ1v) is 6.54. The monoisotopic (exact) mass is 248 g/mol. The van der Waals surface area contributed by atoms with Gasteiger partial charge in [0.1, 0.15) is 5.75 Å². The second kappa shape index (κ2) is 6.40. The fraction of sp³-hybridized carbons (Fsp3) is 0.500. The Bertz CT molecular complexity index is 383. The van der Waals surface area contributed by atoms with Crippen molar-refractivity contribution in [2.24, 2.45) is 5.92 Å². The molecule has 0 atom stereocenters. The number of anilines is 1. The predicted molar refractivity (Wildman–Crippen MR) is 71.8 cm³/mol. The van der Waals surface area contributed by atoms with E-state index in [0.717, 1.165) is 37.4 Å². The van der Waals surface area contributed by atoms with E-state index >= 15 is 0 Å². The van der Waals surface area contributed by atoms with Gasteiger partial charge in [0.2, 0.25) is 5.91 Å². The van der Waals surface area contributed by atoms with Crippen molar-refractivity contribution in [3.05, 3.63) is 24.3 Å². The lowest BCUT2D eigenvalue weighted by atomic mass is 9.97. The van der Waals surface area contributed by atoms with Gasteiger partial charge < -0.3 is 15.4 Å². The molecule has 1 aromatic carbocycles. The molecule has 0 spiro atoms. The first kappa shape index (κ1) is 12.9. The van der Waals surface area contributed by atoms with E-state index in [1.165, 1.54) is 0 Å². The maximum Gasteiger partial charge on any atom is 0.227 e. The molecule has 1 amide bonds. The Labute approximate surface area is 108 Å². The van der Waals surface area contributed by atoms with Crippen molar-refractivity contribution in [2.45, 2.75) is 19.8 Å². The summed E-state index contributed by atoms with van der Waals surface area (Å²) in [5.74, 6) is 1.09. The minimum Gasteiger partial charge on any atom is -0.494 e. The summed E-state index contributed by atoms with van der Waals surface area (Å²) in [5, 5.41) is 6.22. The summed E-state index contributed by atoms with van der Waals surface area (Å²) < 4.78 is 5.36. The number of carbonyl (C=O) groups excluding carboxylic acids is 1. The van der Waals surface area contributed by atoms with E-state index in [-0.39, 0.29) is 11.8 Å². The number of hydrogen-bond acceptors (Lipinski definition) is 3. The second-order valence-electron chi connectivity index (χ2n) is 4.47. The molecule has 0 aromatic heterocycles. The van der Waals surface area contributed by atoms with Crippen LogP contribution < -0.4 is 15.4 Å². The third-order valence-corrected chi connectivity index (χ3v) is 3.14. The highest BCUT2D eigenvalue weighted by Gasteiger charge is 2.20. The molecule has 0 saturated carbocycles. The number of hydrogen-bond donors (Lipinski definition) is 2. The van der Waals surface area contributed by atoms with Gasteiger partial charge in [0.05, 0.1) is 6.61 Å². The van der Waals surface area contributed by atoms with E-state index < -0.39 is 0 Å². The summed E-state index contributed by atoms with van der Waals surface area (Å²) in [4.78, 5) is 12.0. The van der Waals surface area contributed by atoms with Gasteiger partial charge in [0.25, 0.3) is 0 Å². The van der Waals surface area contributed by atoms with Crippen molar-refractivity contribution in [1.82, 2.24) is 5.32 Å². The van der Waals surface area contributed by atoms with Crippen molar-refractivity contribution >= 4 is 11.6 Å². The van der Waals surface area contributed by atoms with Crippen molar-refractivity contribution in [3.63, 3.8) is 0 Å². The Hall–Kier alpha value is -1.55. The number of nitrogens with one attached hydrogen (secondary N) is 2. The van der Waals surface area contributed by atoms with E-state index in [2.05, 4.69) is 10.6 Å². The molecule has 1 aliphatic rings. The minimum absolute atomic E-state index is 0.126. The maximum atomic E-state index is 12.0. The SMILES string of the molecule is CCOc1ccc(NC(=O)C2CCNCC2)cc1. The average Bonchev–Trinajstić information content (AvgIpc) is 2.42. The molecule has 0 radical (unpaired) electrons. The number of rotatable bonds is 4. The minimum atomic E-state index is 0.126. The van der Waals surface area contributed by atoms with Crippen LogP contribution in [0.15, 0.2) is 24.3 Å². The van der Waals surface area contributed by atoms with Crippen LogP contribution in [-0.4, -0.2) is 25.6 Å². The van der Waals surface area contributed by atoms with Gasteiger partial charge in [-0.1, -0.05) is 0 Å². The summed E-state index contributed by atoms with van der Waals surface area (Å²) in [6.45, 7) is 4.47. The van der Waals surface area contributed by atoms with Crippen LogP contribution in [0.5, 0.6) is 5.75 Å². The zero-order valence-corrected chi connectivity index (χ0v) is 10.7. The molecule has 2 N–H and O–H groups in total. The lowest BCUT2D eigenvalue weighted by Gasteiger charge is -2.21. The van der Waals surface area contributed by atoms with Crippen LogP contribution in [0, 0.1) is 5.92 Å². The molecule has 18 heavy (non-hydrogen) atoms. The van der Waals surface area contributed by atoms with Gasteiger partial charge in [-0.3, -0.25) is 4.79 Å². The van der Waals surface area contributed by atoms with Gasteiger partial charge in [-0.2, -0.15) is 0 Å². The average molecular weight is 248 g/mol. The van der Waals surface area contributed by atoms with Gasteiger partial charge in [-0.15, -0.1) is 0 Å². The molecule has 0 aliphatic carbocycles. The number of carbonyl (C=O) groups is 1. The van der Waals surface area contributed by atoms with Crippen LogP contribution in [-0.2, 0) is 4.79 Å². The summed E-state index contributed by atoms with van der Waals surface area (Å²) in [7, 11) is 0. The smallest absolute Gasteiger partial charge is 0.227 e. The second-order valence-corrected chi connectivity index (χ2v) is 4.47. The Kier molecular flexibility index (Phi) is 4.59. The Morgan fingerprint density at radius 2 is 2.00 bits per heavy atom. The third-order valence-electron chi connectivity index (χ3n) is 3.14. The zero-order valence-electron chi connectivity index (χ0n) is 10.7. The first-order valence-electron chi connectivity index (χ1n) is 6.54. The standard InChI is InChI=1S/C14H20N2O2/c1-2-18-13-5-3-12(4-6-13)16-14(17)11-7-9-15-10-8-11/h3-6,11,15H,2,7-10H2,1H3,(H,16,17). The molecule has 98 valence electrons. The molecular formula is C14H20N2O2. The fourth-order valence-corrected chi connectivity index (χ4v) is 2.13. The fourth-order valence-electron chi connectivity index (χ4n) is 2.13. The predicted octanol–water partition coefficient (Wildman–Crippen LogP) is 2.02. The van der Waals surface area contributed by atoms with Crippen molar-refractivity contribution in [2.75, 3.05) is 25.0 Å². The molecule has 1 aromatic rings. The number of benzene rings is 1. The normalized spacial score (nSPS) is 16.3. The zero-order chi connectivity index (χ0) is 12.8. The number of piperidine rings is 1. The lowest BCUT2D eigenvalue weighted by molar-refractivity contribution is -0.120. The van der Waals surface area contributed by atoms with E-state index in [4.69, 9.17) is 4.74 Å². The maximum absolute atomic E-state index is 12.0. The Morgan fingerprint density at radius 3 is 2.61 bits per heavy atom. The Balaban J connectivity index is 1.89. The van der Waals surface area contributed by atoms with Crippen molar-refractivity contribution in [1.29, 1.82) is 0 Å². The third kappa shape index (κ3) is 3.47. The molecule has 1 aliphatic heterocycles. The quantitative estimate of drug-likeness (QED) is 0.857. The van der Waals surface area contributed by atoms with Crippen LogP contribution >= 0.6 is 0 Å². The highest BCUT2D eigenvalue weighted by atomic mass is 16.5. The van der Waals surface area contributed by atoms with Crippen LogP contribution in [0.2, 0.25) is 0 Å². The highest BCUT2D eigenvalue weighted by molar-refractivity contribution is 5.92. The van der Waals surface area contributed by atoms with Crippen LogP contribution in [0.3, 0.4) is 0 Å². The van der Waals surface area contributed by atoms with Crippen molar-refractivity contribution in [3.8, 4) is 5.75 Å². The van der Waals surface area contributed by atoms with Crippen molar-refractivity contribution < 1.29 is 9.53 Å². The molecule has 0 unspecified atom stereocenters. The number of ether oxygens (including phenoxy) is 1. The number of amides is 1. The molecule has 4 heteroatoms. The van der Waals surface area contributed by atoms with Gasteiger partial charge in [0, 0.05) is 11.6 Å². The molecule has 1 heterocycles. The van der Waals surface area contributed by atoms with Crippen LogP contribution in [0.4, 0.5) is 5.69 Å². The summed E-state index contributed by atoms with van der Waals surface area (Å²) in [5.41, 5.74) is 0.835. The summed E-state index contributed by atoms with van der Waals surface area (Å²) in [6.07, 6.45) is 1.84. The molecule has 2 rings (SSSR count). The van der Waals surface area contributed by atoms with Gasteiger partial charge in [0.15, 0.2) is 0 Å². The Morgan fingerprint density at radius 1 is 1.33 bits per heavy atom. The molecule has 1 saturated heterocycles. The van der Waals surface area contributed by atoms with E-state index in [9.17, 15) is 4.79 Å². The molecular weight excluding hydrogens is 228 g/mol. The van der Waals surface area contributed by atoms with Gasteiger partial charge in [-0.25, -0.2) is 0 Å². The molecule has 4 nitrogen and oxygen atoms in total. The van der Waals surface area contributed by atoms with Gasteiger partial charge >= 0.3 is 0 Å². The van der Waals surface area contributed by atoms with E-state index in [1.807, 2.05) is 31.2 Å². The summed E-state index contributed by atoms with van der Waals surface area (Å²) >= 11 is 0. The topological polar surface area (TPSA) is 50.4 Å². The summed E-state index contributed by atoms with van der Waals surface area (Å²) in [6, 6.07) is 7.51. The van der Waals surface area contributed by atoms with Gasteiger partial charge in [-0.05, 0) is 57.1 Å². The largest absolute Gasteiger partial charge is 0.494 e. The lowest BCUT2D eigenvalue weighted by Crippen LogP contribution is -2.34. The van der Waals surface area contributed by atoms with Crippen LogP contribution in [0.25, 0.3) is 0 Å².